The molecule has 6 nitrogen and oxygen atoms in total. The van der Waals surface area contributed by atoms with Gasteiger partial charge in [0, 0.05) is 23.6 Å². The SMILES string of the molecule is COc1ccc(C(=O)N[C@H]2CC[C@]3(C)CC[C@@H]([C@H](C)C(=O)NC4CCCC4)[C@H](O)[C@H]3[C@@H]2C)cc1. The molecule has 1 aromatic rings. The lowest BCUT2D eigenvalue weighted by Gasteiger charge is -2.56. The van der Waals surface area contributed by atoms with E-state index in [0.717, 1.165) is 44.3 Å². The first-order chi connectivity index (χ1) is 16.2. The number of amides is 2. The maximum absolute atomic E-state index is 13.0. The van der Waals surface area contributed by atoms with Crippen molar-refractivity contribution < 1.29 is 19.4 Å². The predicted octanol–water partition coefficient (Wildman–Crippen LogP) is 4.31. The van der Waals surface area contributed by atoms with Gasteiger partial charge in [-0.3, -0.25) is 9.59 Å². The summed E-state index contributed by atoms with van der Waals surface area (Å²) in [5.41, 5.74) is 0.652. The van der Waals surface area contributed by atoms with Gasteiger partial charge in [-0.05, 0) is 86.0 Å². The standard InChI is InChI=1S/C28H42N2O4/c1-17(26(32)29-20-7-5-6-8-20)22-13-15-28(3)16-14-23(18(2)24(28)25(22)31)30-27(33)19-9-11-21(34-4)12-10-19/h9-12,17-18,20,22-25,31H,5-8,13-16H2,1-4H3,(H,29,32)(H,30,33)/t17-,18+,22-,23-,24+,25-,28-/m0/s1. The minimum absolute atomic E-state index is 0.00342. The second kappa shape index (κ2) is 10.3. The van der Waals surface area contributed by atoms with Gasteiger partial charge in [-0.25, -0.2) is 0 Å². The van der Waals surface area contributed by atoms with Crippen LogP contribution in [0.25, 0.3) is 0 Å². The largest absolute Gasteiger partial charge is 0.497 e. The van der Waals surface area contributed by atoms with E-state index < -0.39 is 6.10 Å². The molecule has 0 saturated heterocycles. The number of benzene rings is 1. The van der Waals surface area contributed by atoms with E-state index >= 15 is 0 Å². The first-order valence-electron chi connectivity index (χ1n) is 13.2. The van der Waals surface area contributed by atoms with Gasteiger partial charge in [0.1, 0.15) is 5.75 Å². The van der Waals surface area contributed by atoms with Crippen LogP contribution in [0.3, 0.4) is 0 Å². The first kappa shape index (κ1) is 25.0. The molecule has 4 rings (SSSR count). The molecular weight excluding hydrogens is 428 g/mol. The maximum Gasteiger partial charge on any atom is 0.251 e. The Kier molecular flexibility index (Phi) is 7.56. The van der Waals surface area contributed by atoms with Crippen LogP contribution in [0.5, 0.6) is 5.75 Å². The quantitative estimate of drug-likeness (QED) is 0.578. The van der Waals surface area contributed by atoms with Crippen molar-refractivity contribution in [1.82, 2.24) is 10.6 Å². The molecular formula is C28H42N2O4. The Balaban J connectivity index is 1.43. The Morgan fingerprint density at radius 1 is 1.06 bits per heavy atom. The number of carbonyl (C=O) groups excluding carboxylic acids is 2. The lowest BCUT2D eigenvalue weighted by molar-refractivity contribution is -0.142. The summed E-state index contributed by atoms with van der Waals surface area (Å²) in [6, 6.07) is 7.45. The van der Waals surface area contributed by atoms with Crippen LogP contribution in [-0.2, 0) is 4.79 Å². The van der Waals surface area contributed by atoms with Crippen molar-refractivity contribution in [2.75, 3.05) is 7.11 Å². The molecule has 1 aromatic carbocycles. The number of nitrogens with one attached hydrogen (secondary N) is 2. The van der Waals surface area contributed by atoms with E-state index in [1.807, 2.05) is 6.92 Å². The van der Waals surface area contributed by atoms with Gasteiger partial charge >= 0.3 is 0 Å². The zero-order valence-corrected chi connectivity index (χ0v) is 21.2. The summed E-state index contributed by atoms with van der Waals surface area (Å²) in [6.07, 6.45) is 7.75. The summed E-state index contributed by atoms with van der Waals surface area (Å²) >= 11 is 0. The third-order valence-corrected chi connectivity index (χ3v) is 9.31. The monoisotopic (exact) mass is 470 g/mol. The summed E-state index contributed by atoms with van der Waals surface area (Å²) in [5.74, 6) is 0.661. The van der Waals surface area contributed by atoms with Crippen molar-refractivity contribution in [2.45, 2.75) is 90.3 Å². The van der Waals surface area contributed by atoms with E-state index in [1.165, 1.54) is 12.8 Å². The van der Waals surface area contributed by atoms with Gasteiger partial charge < -0.3 is 20.5 Å². The van der Waals surface area contributed by atoms with Crippen LogP contribution < -0.4 is 15.4 Å². The Bertz CT molecular complexity index is 866. The third-order valence-electron chi connectivity index (χ3n) is 9.31. The van der Waals surface area contributed by atoms with Crippen molar-refractivity contribution in [2.24, 2.45) is 29.1 Å². The number of methoxy groups -OCH3 is 1. The molecule has 7 atom stereocenters. The maximum atomic E-state index is 13.0. The van der Waals surface area contributed by atoms with E-state index in [4.69, 9.17) is 4.74 Å². The Morgan fingerprint density at radius 2 is 1.71 bits per heavy atom. The van der Waals surface area contributed by atoms with Crippen LogP contribution in [-0.4, -0.2) is 42.2 Å². The fraction of sp³-hybridized carbons (Fsp3) is 0.714. The first-order valence-corrected chi connectivity index (χ1v) is 13.2. The molecule has 0 heterocycles. The summed E-state index contributed by atoms with van der Waals surface area (Å²) < 4.78 is 5.19. The molecule has 0 bridgehead atoms. The molecule has 0 radical (unpaired) electrons. The van der Waals surface area contributed by atoms with Gasteiger partial charge in [0.25, 0.3) is 5.91 Å². The minimum Gasteiger partial charge on any atom is -0.497 e. The smallest absolute Gasteiger partial charge is 0.251 e. The molecule has 0 unspecified atom stereocenters. The highest BCUT2D eigenvalue weighted by atomic mass is 16.5. The predicted molar refractivity (Wildman–Crippen MR) is 133 cm³/mol. The van der Waals surface area contributed by atoms with Crippen molar-refractivity contribution >= 4 is 11.8 Å². The molecule has 3 aliphatic carbocycles. The number of aliphatic hydroxyl groups excluding tert-OH is 1. The molecule has 3 saturated carbocycles. The zero-order chi connectivity index (χ0) is 24.5. The molecule has 0 aliphatic heterocycles. The molecule has 0 aromatic heterocycles. The highest BCUT2D eigenvalue weighted by molar-refractivity contribution is 5.94. The van der Waals surface area contributed by atoms with Gasteiger partial charge in [-0.15, -0.1) is 0 Å². The van der Waals surface area contributed by atoms with E-state index in [2.05, 4.69) is 24.5 Å². The second-order valence-electron chi connectivity index (χ2n) is 11.4. The highest BCUT2D eigenvalue weighted by Gasteiger charge is 2.54. The number of carbonyl (C=O) groups is 2. The summed E-state index contributed by atoms with van der Waals surface area (Å²) in [4.78, 5) is 25.9. The van der Waals surface area contributed by atoms with Crippen LogP contribution in [0, 0.1) is 29.1 Å². The van der Waals surface area contributed by atoms with E-state index in [9.17, 15) is 14.7 Å². The summed E-state index contributed by atoms with van der Waals surface area (Å²) in [5, 5.41) is 18.1. The van der Waals surface area contributed by atoms with Gasteiger partial charge in [-0.1, -0.05) is 33.6 Å². The van der Waals surface area contributed by atoms with Gasteiger partial charge in [0.2, 0.25) is 5.91 Å². The second-order valence-corrected chi connectivity index (χ2v) is 11.4. The number of rotatable bonds is 6. The molecule has 34 heavy (non-hydrogen) atoms. The average molecular weight is 471 g/mol. The number of hydrogen-bond donors (Lipinski definition) is 3. The van der Waals surface area contributed by atoms with Gasteiger partial charge in [-0.2, -0.15) is 0 Å². The fourth-order valence-corrected chi connectivity index (χ4v) is 7.09. The van der Waals surface area contributed by atoms with Crippen LogP contribution in [0.4, 0.5) is 0 Å². The molecule has 0 spiro atoms. The molecule has 6 heteroatoms. The summed E-state index contributed by atoms with van der Waals surface area (Å²) in [6.45, 7) is 6.44. The number of ether oxygens (including phenoxy) is 1. The topological polar surface area (TPSA) is 87.7 Å². The Morgan fingerprint density at radius 3 is 2.35 bits per heavy atom. The van der Waals surface area contributed by atoms with Gasteiger partial charge in [0.05, 0.1) is 13.2 Å². The Hall–Kier alpha value is -2.08. The van der Waals surface area contributed by atoms with Crippen molar-refractivity contribution in [3.05, 3.63) is 29.8 Å². The number of fused-ring (bicyclic) bond motifs is 1. The number of hydrogen-bond acceptors (Lipinski definition) is 4. The van der Waals surface area contributed by atoms with Crippen molar-refractivity contribution in [3.63, 3.8) is 0 Å². The number of aliphatic hydroxyl groups is 1. The van der Waals surface area contributed by atoms with Crippen molar-refractivity contribution in [1.29, 1.82) is 0 Å². The van der Waals surface area contributed by atoms with Crippen LogP contribution in [0.2, 0.25) is 0 Å². The molecule has 188 valence electrons. The Labute approximate surface area is 204 Å². The van der Waals surface area contributed by atoms with Crippen LogP contribution >= 0.6 is 0 Å². The molecule has 3 aliphatic rings. The fourth-order valence-electron chi connectivity index (χ4n) is 7.09. The minimum atomic E-state index is -0.543. The van der Waals surface area contributed by atoms with E-state index in [0.29, 0.717) is 11.6 Å². The zero-order valence-electron chi connectivity index (χ0n) is 21.2. The van der Waals surface area contributed by atoms with Crippen molar-refractivity contribution in [3.8, 4) is 5.75 Å². The van der Waals surface area contributed by atoms with Crippen LogP contribution in [0.15, 0.2) is 24.3 Å². The van der Waals surface area contributed by atoms with Gasteiger partial charge in [0.15, 0.2) is 0 Å². The van der Waals surface area contributed by atoms with Crippen LogP contribution in [0.1, 0.15) is 82.5 Å². The van der Waals surface area contributed by atoms with E-state index in [1.54, 1.807) is 31.4 Å². The average Bonchev–Trinajstić information content (AvgIpc) is 3.33. The molecule has 2 amide bonds. The normalized spacial score (nSPS) is 34.7. The third kappa shape index (κ3) is 4.98. The molecule has 3 N–H and O–H groups in total. The molecule has 3 fully saturated rings. The lowest BCUT2D eigenvalue weighted by atomic mass is 9.51. The lowest BCUT2D eigenvalue weighted by Crippen LogP contribution is -2.58. The summed E-state index contributed by atoms with van der Waals surface area (Å²) in [7, 11) is 1.61. The van der Waals surface area contributed by atoms with E-state index in [-0.39, 0.29) is 46.9 Å². The highest BCUT2D eigenvalue weighted by Crippen LogP contribution is 2.55.